The molecule has 0 radical (unpaired) electrons. The minimum absolute atomic E-state index is 0.0978. The van der Waals surface area contributed by atoms with Crippen LogP contribution in [0.25, 0.3) is 0 Å². The van der Waals surface area contributed by atoms with Gasteiger partial charge in [0.2, 0.25) is 0 Å². The van der Waals surface area contributed by atoms with Gasteiger partial charge in [0.25, 0.3) is 5.91 Å². The molecule has 16 heteroatoms. The molecule has 0 aliphatic carbocycles. The number of hydrogen-bond acceptors (Lipinski definition) is 9. The summed E-state index contributed by atoms with van der Waals surface area (Å²) in [6.45, 7) is 2.40. The predicted octanol–water partition coefficient (Wildman–Crippen LogP) is 4.90. The van der Waals surface area contributed by atoms with Gasteiger partial charge in [-0.25, -0.2) is 4.98 Å². The molecule has 4 aromatic rings. The van der Waals surface area contributed by atoms with Gasteiger partial charge in [0.1, 0.15) is 17.5 Å². The number of aromatic nitrogens is 3. The number of nitrogens with one attached hydrogen (secondary N) is 3. The topological polar surface area (TPSA) is 164 Å². The van der Waals surface area contributed by atoms with Crippen molar-refractivity contribution in [2.45, 2.75) is 26.6 Å². The van der Waals surface area contributed by atoms with Crippen LogP contribution in [0.1, 0.15) is 29.8 Å². The molecule has 48 heavy (non-hydrogen) atoms. The molecule has 0 fully saturated rings. The number of carbonyl (C=O) groups excluding carboxylic acids is 3. The summed E-state index contributed by atoms with van der Waals surface area (Å²) >= 11 is 6.02. The Kier molecular flexibility index (Phi) is 11.4. The highest BCUT2D eigenvalue weighted by atomic mass is 35.5. The molecule has 0 unspecified atom stereocenters. The van der Waals surface area contributed by atoms with Crippen LogP contribution in [0.5, 0.6) is 6.01 Å². The Morgan fingerprint density at radius 1 is 0.896 bits per heavy atom. The number of para-hydroxylation sites is 1. The molecule has 0 spiro atoms. The summed E-state index contributed by atoms with van der Waals surface area (Å²) in [7, 11) is 0. The maximum absolute atomic E-state index is 13.0. The second-order valence-electron chi connectivity index (χ2n) is 11.3. The maximum atomic E-state index is 13.0. The van der Waals surface area contributed by atoms with Gasteiger partial charge in [-0.05, 0) is 47.4 Å². The molecule has 0 aliphatic heterocycles. The zero-order chi connectivity index (χ0) is 34.9. The fourth-order valence-electron chi connectivity index (χ4n) is 4.10. The Labute approximate surface area is 278 Å². The number of amides is 3. The first-order chi connectivity index (χ1) is 22.7. The molecular formula is C32H32ClF3N8O4. The third-order valence-corrected chi connectivity index (χ3v) is 6.84. The van der Waals surface area contributed by atoms with Crippen LogP contribution in [0.2, 0.25) is 5.02 Å². The molecule has 2 aromatic carbocycles. The van der Waals surface area contributed by atoms with Crippen LogP contribution in [-0.4, -0.2) is 58.5 Å². The Morgan fingerprint density at radius 2 is 1.58 bits per heavy atom. The van der Waals surface area contributed by atoms with Crippen LogP contribution in [0.15, 0.2) is 79.0 Å². The summed E-state index contributed by atoms with van der Waals surface area (Å²) in [5, 5.41) is 8.39. The van der Waals surface area contributed by atoms with Crippen molar-refractivity contribution in [3.63, 3.8) is 0 Å². The van der Waals surface area contributed by atoms with Gasteiger partial charge in [-0.2, -0.15) is 23.1 Å². The van der Waals surface area contributed by atoms with Gasteiger partial charge in [0, 0.05) is 36.1 Å². The van der Waals surface area contributed by atoms with E-state index in [2.05, 4.69) is 30.9 Å². The standard InChI is InChI=1S/C32H32ClF3N8O4/c1-31(2,18-40-28(46)29(47)41-23-6-4-3-5-7-23)17-39-27(45)21-10-13-25(38-15-21)44(16-20-8-11-22(33)12-9-20)26-14-24(37)42-30(43-26)48-19-32(34,35)36/h3-15H,16-19H2,1-2H3,(H,39,45)(H,40,46)(H,41,47)(H2,37,42,43). The van der Waals surface area contributed by atoms with Crippen molar-refractivity contribution in [2.75, 3.05) is 35.6 Å². The molecule has 2 heterocycles. The lowest BCUT2D eigenvalue weighted by molar-refractivity contribution is -0.154. The number of nitrogens with zero attached hydrogens (tertiary/aromatic N) is 4. The number of hydrogen-bond donors (Lipinski definition) is 4. The van der Waals surface area contributed by atoms with Crippen LogP contribution in [0, 0.1) is 5.41 Å². The van der Waals surface area contributed by atoms with Gasteiger partial charge in [0.15, 0.2) is 6.61 Å². The Balaban J connectivity index is 1.43. The summed E-state index contributed by atoms with van der Waals surface area (Å²) < 4.78 is 43.0. The van der Waals surface area contributed by atoms with E-state index in [0.717, 1.165) is 5.56 Å². The Morgan fingerprint density at radius 3 is 2.23 bits per heavy atom. The molecule has 0 saturated carbocycles. The minimum atomic E-state index is -4.61. The molecule has 0 saturated heterocycles. The second-order valence-corrected chi connectivity index (χ2v) is 11.7. The number of alkyl halides is 3. The van der Waals surface area contributed by atoms with Gasteiger partial charge < -0.3 is 31.3 Å². The number of nitrogen functional groups attached to an aromatic ring is 1. The van der Waals surface area contributed by atoms with Gasteiger partial charge >= 0.3 is 24.0 Å². The lowest BCUT2D eigenvalue weighted by Crippen LogP contribution is -2.45. The molecule has 2 aromatic heterocycles. The first-order valence-electron chi connectivity index (χ1n) is 14.4. The number of carbonyl (C=O) groups is 3. The number of nitrogens with two attached hydrogens (primary N) is 1. The number of ether oxygens (including phenoxy) is 1. The second kappa shape index (κ2) is 15.4. The quantitative estimate of drug-likeness (QED) is 0.152. The lowest BCUT2D eigenvalue weighted by Gasteiger charge is -2.25. The first-order valence-corrected chi connectivity index (χ1v) is 14.8. The van der Waals surface area contributed by atoms with E-state index in [-0.39, 0.29) is 42.7 Å². The van der Waals surface area contributed by atoms with Crippen molar-refractivity contribution in [3.8, 4) is 6.01 Å². The summed E-state index contributed by atoms with van der Waals surface area (Å²) in [4.78, 5) is 51.3. The van der Waals surface area contributed by atoms with Gasteiger partial charge in [0.05, 0.1) is 12.1 Å². The molecule has 0 bridgehead atoms. The number of anilines is 4. The fraction of sp³-hybridized carbons (Fsp3) is 0.250. The lowest BCUT2D eigenvalue weighted by atomic mass is 9.93. The van der Waals surface area contributed by atoms with Crippen molar-refractivity contribution in [2.24, 2.45) is 5.41 Å². The van der Waals surface area contributed by atoms with Gasteiger partial charge in [-0.3, -0.25) is 14.4 Å². The third kappa shape index (κ3) is 10.8. The van der Waals surface area contributed by atoms with E-state index in [1.807, 2.05) is 0 Å². The molecular weight excluding hydrogens is 653 g/mol. The number of rotatable bonds is 12. The zero-order valence-corrected chi connectivity index (χ0v) is 26.6. The first kappa shape index (κ1) is 35.4. The Bertz CT molecular complexity index is 1720. The average molecular weight is 685 g/mol. The molecule has 0 atom stereocenters. The van der Waals surface area contributed by atoms with E-state index >= 15 is 0 Å². The van der Waals surface area contributed by atoms with Crippen LogP contribution in [-0.2, 0) is 16.1 Å². The van der Waals surface area contributed by atoms with Crippen molar-refractivity contribution in [1.29, 1.82) is 0 Å². The maximum Gasteiger partial charge on any atom is 0.422 e. The average Bonchev–Trinajstić information content (AvgIpc) is 3.05. The highest BCUT2D eigenvalue weighted by Gasteiger charge is 2.29. The van der Waals surface area contributed by atoms with Gasteiger partial charge in [-0.15, -0.1) is 0 Å². The van der Waals surface area contributed by atoms with Crippen molar-refractivity contribution < 1.29 is 32.3 Å². The highest BCUT2D eigenvalue weighted by Crippen LogP contribution is 2.28. The predicted molar refractivity (Wildman–Crippen MR) is 174 cm³/mol. The largest absolute Gasteiger partial charge is 0.454 e. The van der Waals surface area contributed by atoms with E-state index in [4.69, 9.17) is 22.1 Å². The van der Waals surface area contributed by atoms with Crippen LogP contribution in [0.3, 0.4) is 0 Å². The van der Waals surface area contributed by atoms with E-state index in [0.29, 0.717) is 10.7 Å². The normalized spacial score (nSPS) is 11.4. The highest BCUT2D eigenvalue weighted by molar-refractivity contribution is 6.39. The van der Waals surface area contributed by atoms with Crippen molar-refractivity contribution >= 4 is 52.5 Å². The van der Waals surface area contributed by atoms with E-state index in [9.17, 15) is 27.6 Å². The van der Waals surface area contributed by atoms with Crippen LogP contribution < -0.4 is 31.3 Å². The Hall–Kier alpha value is -5.44. The smallest absolute Gasteiger partial charge is 0.422 e. The van der Waals surface area contributed by atoms with Crippen molar-refractivity contribution in [3.05, 3.63) is 95.1 Å². The summed E-state index contributed by atoms with van der Waals surface area (Å²) in [6.07, 6.45) is -3.29. The molecule has 252 valence electrons. The number of benzene rings is 2. The summed E-state index contributed by atoms with van der Waals surface area (Å²) in [5.41, 5.74) is 6.70. The fourth-order valence-corrected chi connectivity index (χ4v) is 4.23. The zero-order valence-electron chi connectivity index (χ0n) is 25.8. The molecule has 5 N–H and O–H groups in total. The summed E-state index contributed by atoms with van der Waals surface area (Å²) in [5.74, 6) is -1.82. The minimum Gasteiger partial charge on any atom is -0.454 e. The number of halogens is 4. The van der Waals surface area contributed by atoms with Crippen LogP contribution >= 0.6 is 11.6 Å². The van der Waals surface area contributed by atoms with E-state index < -0.39 is 41.9 Å². The van der Waals surface area contributed by atoms with E-state index in [1.165, 1.54) is 24.4 Å². The third-order valence-electron chi connectivity index (χ3n) is 6.59. The molecule has 12 nitrogen and oxygen atoms in total. The molecule has 4 rings (SSSR count). The SMILES string of the molecule is CC(C)(CNC(=O)C(=O)Nc1ccccc1)CNC(=O)c1ccc(N(Cc2ccc(Cl)cc2)c2cc(N)nc(OCC(F)(F)F)n2)nc1. The van der Waals surface area contributed by atoms with Crippen molar-refractivity contribution in [1.82, 2.24) is 25.6 Å². The van der Waals surface area contributed by atoms with E-state index in [1.54, 1.807) is 73.3 Å². The monoisotopic (exact) mass is 684 g/mol. The molecule has 0 aliphatic rings. The summed E-state index contributed by atoms with van der Waals surface area (Å²) in [6, 6.07) is 19.2. The molecule has 3 amide bonds. The van der Waals surface area contributed by atoms with Gasteiger partial charge in [-0.1, -0.05) is 55.8 Å². The number of pyridine rings is 1. The van der Waals surface area contributed by atoms with Crippen LogP contribution in [0.4, 0.5) is 36.3 Å².